The second-order valence-corrected chi connectivity index (χ2v) is 8.61. The molecule has 2 aromatic carbocycles. The number of nitrogens with zero attached hydrogens (tertiary/aromatic N) is 3. The number of hydrogen-bond donors (Lipinski definition) is 2. The first kappa shape index (κ1) is 24.3. The minimum absolute atomic E-state index is 0.0813. The SMILES string of the molecule is COc1ccccc1N1CCN(C[C@@H](O)COc2ccc(-c3cc(C#N)c(=O)[nH]c3C)cc2)CC1. The smallest absolute Gasteiger partial charge is 0.266 e. The maximum Gasteiger partial charge on any atom is 0.266 e. The van der Waals surface area contributed by atoms with Crippen LogP contribution in [0.4, 0.5) is 5.69 Å². The van der Waals surface area contributed by atoms with Crippen molar-refractivity contribution < 1.29 is 14.6 Å². The standard InChI is InChI=1S/C27H30N4O4/c1-19-24(15-21(16-28)27(33)29-19)20-7-9-23(10-8-20)35-18-22(32)17-30-11-13-31(14-12-30)25-5-3-4-6-26(25)34-2/h3-10,15,22,32H,11-14,17-18H2,1-2H3,(H,29,33)/t22-/m1/s1. The molecule has 8 heteroatoms. The van der Waals surface area contributed by atoms with Crippen molar-refractivity contribution in [3.05, 3.63) is 76.2 Å². The lowest BCUT2D eigenvalue weighted by atomic mass is 10.0. The van der Waals surface area contributed by atoms with E-state index in [4.69, 9.17) is 14.7 Å². The fourth-order valence-corrected chi connectivity index (χ4v) is 4.34. The van der Waals surface area contributed by atoms with Gasteiger partial charge in [0.15, 0.2) is 0 Å². The van der Waals surface area contributed by atoms with E-state index >= 15 is 0 Å². The number of para-hydroxylation sites is 2. The molecule has 0 radical (unpaired) electrons. The van der Waals surface area contributed by atoms with Crippen LogP contribution >= 0.6 is 0 Å². The Hall–Kier alpha value is -3.80. The third-order valence-electron chi connectivity index (χ3n) is 6.23. The number of aliphatic hydroxyl groups excluding tert-OH is 1. The van der Waals surface area contributed by atoms with E-state index in [2.05, 4.69) is 20.9 Å². The number of piperazine rings is 1. The Balaban J connectivity index is 1.27. The molecule has 1 saturated heterocycles. The third kappa shape index (κ3) is 5.83. The fourth-order valence-electron chi connectivity index (χ4n) is 4.34. The van der Waals surface area contributed by atoms with E-state index in [9.17, 15) is 9.90 Å². The van der Waals surface area contributed by atoms with Crippen LogP contribution in [0.3, 0.4) is 0 Å². The van der Waals surface area contributed by atoms with Crippen LogP contribution in [0.15, 0.2) is 59.4 Å². The van der Waals surface area contributed by atoms with Crippen LogP contribution in [0.2, 0.25) is 0 Å². The number of benzene rings is 2. The number of ether oxygens (including phenoxy) is 2. The number of nitriles is 1. The zero-order valence-corrected chi connectivity index (χ0v) is 20.0. The van der Waals surface area contributed by atoms with E-state index in [-0.39, 0.29) is 17.7 Å². The molecule has 0 aliphatic carbocycles. The zero-order valence-electron chi connectivity index (χ0n) is 20.0. The maximum atomic E-state index is 11.8. The highest BCUT2D eigenvalue weighted by Crippen LogP contribution is 2.28. The summed E-state index contributed by atoms with van der Waals surface area (Å²) in [7, 11) is 1.69. The number of anilines is 1. The van der Waals surface area contributed by atoms with Crippen molar-refractivity contribution in [1.82, 2.24) is 9.88 Å². The van der Waals surface area contributed by atoms with Gasteiger partial charge in [-0.15, -0.1) is 0 Å². The maximum absolute atomic E-state index is 11.8. The molecule has 1 atom stereocenters. The van der Waals surface area contributed by atoms with E-state index in [0.29, 0.717) is 18.0 Å². The van der Waals surface area contributed by atoms with Crippen molar-refractivity contribution in [3.8, 4) is 28.7 Å². The molecule has 0 amide bonds. The molecule has 1 fully saturated rings. The Morgan fingerprint density at radius 3 is 2.51 bits per heavy atom. The largest absolute Gasteiger partial charge is 0.495 e. The van der Waals surface area contributed by atoms with Crippen LogP contribution in [-0.2, 0) is 0 Å². The number of aliphatic hydroxyl groups is 1. The molecular weight excluding hydrogens is 444 g/mol. The fraction of sp³-hybridized carbons (Fsp3) is 0.333. The molecule has 182 valence electrons. The van der Waals surface area contributed by atoms with Gasteiger partial charge in [0, 0.05) is 44.0 Å². The van der Waals surface area contributed by atoms with Crippen molar-refractivity contribution in [1.29, 1.82) is 5.26 Å². The van der Waals surface area contributed by atoms with Crippen molar-refractivity contribution in [3.63, 3.8) is 0 Å². The molecule has 2 heterocycles. The lowest BCUT2D eigenvalue weighted by molar-refractivity contribution is 0.0663. The summed E-state index contributed by atoms with van der Waals surface area (Å²) in [6, 6.07) is 18.9. The van der Waals surface area contributed by atoms with E-state index in [1.807, 2.05) is 48.5 Å². The molecular formula is C27H30N4O4. The molecule has 3 aromatic rings. The number of rotatable bonds is 8. The van der Waals surface area contributed by atoms with Crippen molar-refractivity contribution in [2.75, 3.05) is 51.3 Å². The van der Waals surface area contributed by atoms with E-state index in [0.717, 1.165) is 48.7 Å². The molecule has 1 aliphatic heterocycles. The average Bonchev–Trinajstić information content (AvgIpc) is 2.88. The summed E-state index contributed by atoms with van der Waals surface area (Å²) in [4.78, 5) is 19.0. The average molecular weight is 475 g/mol. The van der Waals surface area contributed by atoms with Gasteiger partial charge in [-0.3, -0.25) is 9.69 Å². The summed E-state index contributed by atoms with van der Waals surface area (Å²) in [6.45, 7) is 5.99. The Morgan fingerprint density at radius 2 is 1.83 bits per heavy atom. The number of methoxy groups -OCH3 is 1. The molecule has 0 bridgehead atoms. The minimum Gasteiger partial charge on any atom is -0.495 e. The van der Waals surface area contributed by atoms with Gasteiger partial charge in [0.1, 0.15) is 35.8 Å². The Morgan fingerprint density at radius 1 is 1.11 bits per heavy atom. The zero-order chi connectivity index (χ0) is 24.8. The van der Waals surface area contributed by atoms with Crippen molar-refractivity contribution >= 4 is 5.69 Å². The van der Waals surface area contributed by atoms with Crippen LogP contribution in [0.1, 0.15) is 11.3 Å². The number of pyridine rings is 1. The summed E-state index contributed by atoms with van der Waals surface area (Å²) in [5.41, 5.74) is 3.16. The number of nitrogens with one attached hydrogen (secondary N) is 1. The van der Waals surface area contributed by atoms with Crippen molar-refractivity contribution in [2.24, 2.45) is 0 Å². The summed E-state index contributed by atoms with van der Waals surface area (Å²) in [6.07, 6.45) is -0.605. The number of aromatic amines is 1. The highest BCUT2D eigenvalue weighted by molar-refractivity contribution is 5.67. The molecule has 2 N–H and O–H groups in total. The summed E-state index contributed by atoms with van der Waals surface area (Å²) >= 11 is 0. The third-order valence-corrected chi connectivity index (χ3v) is 6.23. The number of H-pyrrole nitrogens is 1. The highest BCUT2D eigenvalue weighted by Gasteiger charge is 2.21. The van der Waals surface area contributed by atoms with Gasteiger partial charge in [-0.2, -0.15) is 5.26 Å². The Kier molecular flexibility index (Phi) is 7.70. The molecule has 0 saturated carbocycles. The number of β-amino-alcohol motifs (C(OH)–C–C–N with tert-alkyl or cyclic N) is 1. The first-order valence-corrected chi connectivity index (χ1v) is 11.6. The summed E-state index contributed by atoms with van der Waals surface area (Å²) in [5, 5.41) is 19.6. The number of aromatic nitrogens is 1. The second-order valence-electron chi connectivity index (χ2n) is 8.61. The summed E-state index contributed by atoms with van der Waals surface area (Å²) in [5.74, 6) is 1.53. The van der Waals surface area contributed by atoms with Gasteiger partial charge >= 0.3 is 0 Å². The van der Waals surface area contributed by atoms with E-state index in [1.165, 1.54) is 0 Å². The molecule has 4 rings (SSSR count). The quantitative estimate of drug-likeness (QED) is 0.518. The lowest BCUT2D eigenvalue weighted by Crippen LogP contribution is -2.49. The lowest BCUT2D eigenvalue weighted by Gasteiger charge is -2.37. The highest BCUT2D eigenvalue weighted by atomic mass is 16.5. The summed E-state index contributed by atoms with van der Waals surface area (Å²) < 4.78 is 11.3. The van der Waals surface area contributed by atoms with Gasteiger partial charge in [-0.05, 0) is 42.8 Å². The van der Waals surface area contributed by atoms with Gasteiger partial charge in [0.2, 0.25) is 0 Å². The van der Waals surface area contributed by atoms with Gasteiger partial charge in [0.05, 0.1) is 12.8 Å². The van der Waals surface area contributed by atoms with Crippen LogP contribution in [0.25, 0.3) is 11.1 Å². The topological polar surface area (TPSA) is 102 Å². The Bertz CT molecular complexity index is 1240. The monoisotopic (exact) mass is 474 g/mol. The van der Waals surface area contributed by atoms with Gasteiger partial charge < -0.3 is 24.5 Å². The molecule has 35 heavy (non-hydrogen) atoms. The van der Waals surface area contributed by atoms with Crippen LogP contribution in [0.5, 0.6) is 11.5 Å². The molecule has 0 spiro atoms. The predicted molar refractivity (Wildman–Crippen MR) is 135 cm³/mol. The first-order valence-electron chi connectivity index (χ1n) is 11.6. The minimum atomic E-state index is -0.605. The number of hydrogen-bond acceptors (Lipinski definition) is 7. The van der Waals surface area contributed by atoms with Crippen LogP contribution < -0.4 is 19.9 Å². The normalized spacial score (nSPS) is 14.9. The van der Waals surface area contributed by atoms with E-state index in [1.54, 1.807) is 20.1 Å². The molecule has 1 aromatic heterocycles. The molecule has 1 aliphatic rings. The van der Waals surface area contributed by atoms with Crippen LogP contribution in [0, 0.1) is 18.3 Å². The van der Waals surface area contributed by atoms with E-state index < -0.39 is 6.10 Å². The van der Waals surface area contributed by atoms with Gasteiger partial charge in [-0.25, -0.2) is 0 Å². The molecule has 8 nitrogen and oxygen atoms in total. The molecule has 0 unspecified atom stereocenters. The van der Waals surface area contributed by atoms with Gasteiger partial charge in [0.25, 0.3) is 5.56 Å². The van der Waals surface area contributed by atoms with Crippen LogP contribution in [-0.4, -0.2) is 67.5 Å². The first-order chi connectivity index (χ1) is 17.0. The number of aryl methyl sites for hydroxylation is 1. The van der Waals surface area contributed by atoms with Crippen molar-refractivity contribution in [2.45, 2.75) is 13.0 Å². The Labute approximate surface area is 205 Å². The second kappa shape index (κ2) is 11.1. The van der Waals surface area contributed by atoms with Gasteiger partial charge in [-0.1, -0.05) is 24.3 Å². The predicted octanol–water partition coefficient (Wildman–Crippen LogP) is 2.79.